The third-order valence-corrected chi connectivity index (χ3v) is 5.46. The number of ether oxygens (including phenoxy) is 1. The Morgan fingerprint density at radius 2 is 2.07 bits per heavy atom. The average molecular weight is 387 g/mol. The van der Waals surface area contributed by atoms with Gasteiger partial charge in [0.25, 0.3) is 0 Å². The van der Waals surface area contributed by atoms with Gasteiger partial charge in [-0.2, -0.15) is 4.79 Å². The molecule has 3 rings (SSSR count). The number of aromatic nitrogens is 3. The molecule has 144 valence electrons. The fraction of sp³-hybridized carbons (Fsp3) is 0.550. The van der Waals surface area contributed by atoms with E-state index in [0.717, 1.165) is 23.4 Å². The standard InChI is InChI=1S/C20H26N4O2S/c1-20(2,3)11-10-16-14-17(18(27-16)19(25)26-4)24(23-13-12-21-22-23)15-8-6-5-7-9-15/h12-15H,5-9H2,1-4H3. The van der Waals surface area contributed by atoms with Crippen LogP contribution in [-0.4, -0.2) is 34.2 Å². The highest BCUT2D eigenvalue weighted by Crippen LogP contribution is 2.35. The first-order chi connectivity index (χ1) is 12.9. The van der Waals surface area contributed by atoms with Crippen LogP contribution in [-0.2, 0) is 4.74 Å². The predicted octanol–water partition coefficient (Wildman–Crippen LogP) is 4.13. The second-order valence-electron chi connectivity index (χ2n) is 7.78. The quantitative estimate of drug-likeness (QED) is 0.584. The molecule has 1 fully saturated rings. The monoisotopic (exact) mass is 386 g/mol. The van der Waals surface area contributed by atoms with E-state index < -0.39 is 0 Å². The van der Waals surface area contributed by atoms with E-state index in [-0.39, 0.29) is 17.4 Å². The van der Waals surface area contributed by atoms with Crippen molar-refractivity contribution in [1.82, 2.24) is 15.1 Å². The molecule has 6 nitrogen and oxygen atoms in total. The first-order valence-electron chi connectivity index (χ1n) is 9.30. The Morgan fingerprint density at radius 1 is 1.33 bits per heavy atom. The van der Waals surface area contributed by atoms with Crippen LogP contribution < -0.4 is 5.01 Å². The molecule has 0 radical (unpaired) electrons. The van der Waals surface area contributed by atoms with Gasteiger partial charge in [-0.25, -0.2) is 4.79 Å². The van der Waals surface area contributed by atoms with E-state index in [2.05, 4.69) is 47.9 Å². The molecular weight excluding hydrogens is 360 g/mol. The van der Waals surface area contributed by atoms with Crippen molar-refractivity contribution in [3.05, 3.63) is 28.2 Å². The Kier molecular flexibility index (Phi) is 5.85. The van der Waals surface area contributed by atoms with E-state index in [0.29, 0.717) is 4.88 Å². The molecule has 0 amide bonds. The zero-order valence-electron chi connectivity index (χ0n) is 16.4. The lowest BCUT2D eigenvalue weighted by Gasteiger charge is -2.34. The highest BCUT2D eigenvalue weighted by molar-refractivity contribution is 7.15. The molecular formula is C20H26N4O2S. The van der Waals surface area contributed by atoms with Gasteiger partial charge in [0.15, 0.2) is 0 Å². The van der Waals surface area contributed by atoms with Gasteiger partial charge in [0.2, 0.25) is 0 Å². The summed E-state index contributed by atoms with van der Waals surface area (Å²) < 4.78 is 5.04. The normalized spacial score (nSPS) is 15.1. The van der Waals surface area contributed by atoms with Gasteiger partial charge in [-0.15, -0.1) is 16.4 Å². The molecule has 1 saturated carbocycles. The Morgan fingerprint density at radius 3 is 2.67 bits per heavy atom. The van der Waals surface area contributed by atoms with Crippen LogP contribution in [0.25, 0.3) is 0 Å². The molecule has 0 saturated heterocycles. The summed E-state index contributed by atoms with van der Waals surface area (Å²) in [4.78, 5) is 15.6. The summed E-state index contributed by atoms with van der Waals surface area (Å²) in [5, 5.41) is 10.2. The highest BCUT2D eigenvalue weighted by atomic mass is 32.1. The Hall–Kier alpha value is -2.33. The Balaban J connectivity index is 2.07. The van der Waals surface area contributed by atoms with Crippen LogP contribution in [0.3, 0.4) is 0 Å². The molecule has 0 bridgehead atoms. The Bertz CT molecular complexity index is 834. The second kappa shape index (κ2) is 8.13. The highest BCUT2D eigenvalue weighted by Gasteiger charge is 2.29. The number of hydrogen-bond acceptors (Lipinski definition) is 6. The zero-order valence-corrected chi connectivity index (χ0v) is 17.2. The van der Waals surface area contributed by atoms with Gasteiger partial charge in [-0.05, 0) is 44.9 Å². The maximum absolute atomic E-state index is 12.5. The molecule has 7 heteroatoms. The van der Waals surface area contributed by atoms with Crippen LogP contribution in [0.4, 0.5) is 5.69 Å². The molecule has 0 unspecified atom stereocenters. The lowest BCUT2D eigenvalue weighted by atomic mass is 9.94. The number of carbonyl (C=O) groups excluding carboxylic acids is 1. The summed E-state index contributed by atoms with van der Waals surface area (Å²) >= 11 is 1.37. The number of anilines is 1. The van der Waals surface area contributed by atoms with E-state index in [1.54, 1.807) is 11.0 Å². The fourth-order valence-corrected chi connectivity index (χ4v) is 4.13. The molecule has 0 N–H and O–H groups in total. The summed E-state index contributed by atoms with van der Waals surface area (Å²) in [5.74, 6) is 6.11. The van der Waals surface area contributed by atoms with Crippen LogP contribution in [0.5, 0.6) is 0 Å². The van der Waals surface area contributed by atoms with Crippen LogP contribution in [0.15, 0.2) is 18.5 Å². The van der Waals surface area contributed by atoms with Crippen molar-refractivity contribution >= 4 is 23.0 Å². The van der Waals surface area contributed by atoms with Gasteiger partial charge < -0.3 is 4.74 Å². The van der Waals surface area contributed by atoms with Crippen LogP contribution in [0.2, 0.25) is 0 Å². The number of methoxy groups -OCH3 is 1. The first kappa shape index (κ1) is 19.4. The van der Waals surface area contributed by atoms with E-state index in [1.165, 1.54) is 37.7 Å². The van der Waals surface area contributed by atoms with Gasteiger partial charge in [-0.1, -0.05) is 31.1 Å². The molecule has 2 heterocycles. The molecule has 1 aliphatic carbocycles. The maximum Gasteiger partial charge on any atom is 0.350 e. The molecule has 2 aromatic rings. The van der Waals surface area contributed by atoms with Gasteiger partial charge in [0, 0.05) is 5.41 Å². The molecule has 0 aliphatic heterocycles. The van der Waals surface area contributed by atoms with Crippen molar-refractivity contribution < 1.29 is 9.53 Å². The third kappa shape index (κ3) is 4.69. The summed E-state index contributed by atoms with van der Waals surface area (Å²) in [6.45, 7) is 6.21. The van der Waals surface area contributed by atoms with Crippen LogP contribution in [0.1, 0.15) is 67.4 Å². The SMILES string of the molecule is COC(=O)c1sc(C#CC(C)(C)C)cc1N(C1CCCCC1)n1ccnn1. The van der Waals surface area contributed by atoms with Crippen molar-refractivity contribution in [1.29, 1.82) is 0 Å². The van der Waals surface area contributed by atoms with Crippen LogP contribution in [0, 0.1) is 17.3 Å². The lowest BCUT2D eigenvalue weighted by Crippen LogP contribution is -2.42. The summed E-state index contributed by atoms with van der Waals surface area (Å²) in [6.07, 6.45) is 9.17. The predicted molar refractivity (Wildman–Crippen MR) is 107 cm³/mol. The van der Waals surface area contributed by atoms with Gasteiger partial charge in [0.05, 0.1) is 36.1 Å². The first-order valence-corrected chi connectivity index (χ1v) is 10.1. The third-order valence-electron chi connectivity index (χ3n) is 4.44. The molecule has 2 aromatic heterocycles. The second-order valence-corrected chi connectivity index (χ2v) is 8.83. The average Bonchev–Trinajstić information content (AvgIpc) is 3.31. The van der Waals surface area contributed by atoms with Crippen LogP contribution >= 0.6 is 11.3 Å². The minimum absolute atomic E-state index is 0.107. The fourth-order valence-electron chi connectivity index (χ4n) is 3.22. The van der Waals surface area contributed by atoms with Crippen molar-refractivity contribution in [3.63, 3.8) is 0 Å². The number of thiophene rings is 1. The number of nitrogens with zero attached hydrogens (tertiary/aromatic N) is 4. The molecule has 1 aliphatic rings. The van der Waals surface area contributed by atoms with Crippen molar-refractivity contribution in [3.8, 4) is 11.8 Å². The van der Waals surface area contributed by atoms with E-state index in [1.807, 2.05) is 12.3 Å². The number of carbonyl (C=O) groups is 1. The number of esters is 1. The van der Waals surface area contributed by atoms with E-state index in [4.69, 9.17) is 4.74 Å². The largest absolute Gasteiger partial charge is 0.465 e. The summed E-state index contributed by atoms with van der Waals surface area (Å²) in [5.41, 5.74) is 0.687. The van der Waals surface area contributed by atoms with Crippen molar-refractivity contribution in [2.24, 2.45) is 5.41 Å². The topological polar surface area (TPSA) is 60.2 Å². The number of rotatable bonds is 4. The van der Waals surface area contributed by atoms with Gasteiger partial charge >= 0.3 is 5.97 Å². The number of hydrogen-bond donors (Lipinski definition) is 0. The molecule has 0 atom stereocenters. The summed E-state index contributed by atoms with van der Waals surface area (Å²) in [6, 6.07) is 2.24. The van der Waals surface area contributed by atoms with Gasteiger partial charge in [-0.3, -0.25) is 5.01 Å². The van der Waals surface area contributed by atoms with E-state index in [9.17, 15) is 4.79 Å². The Labute approximate surface area is 164 Å². The molecule has 0 aromatic carbocycles. The smallest absolute Gasteiger partial charge is 0.350 e. The van der Waals surface area contributed by atoms with Gasteiger partial charge in [0.1, 0.15) is 4.88 Å². The van der Waals surface area contributed by atoms with Crippen molar-refractivity contribution in [2.75, 3.05) is 12.1 Å². The minimum Gasteiger partial charge on any atom is -0.465 e. The molecule has 0 spiro atoms. The lowest BCUT2D eigenvalue weighted by molar-refractivity contribution is 0.0606. The zero-order chi connectivity index (χ0) is 19.4. The summed E-state index contributed by atoms with van der Waals surface area (Å²) in [7, 11) is 1.41. The van der Waals surface area contributed by atoms with E-state index >= 15 is 0 Å². The van der Waals surface area contributed by atoms with Crippen molar-refractivity contribution in [2.45, 2.75) is 58.9 Å². The molecule has 27 heavy (non-hydrogen) atoms. The minimum atomic E-state index is -0.347. The maximum atomic E-state index is 12.5.